The number of aryl methyl sites for hydroxylation is 1. The van der Waals surface area contributed by atoms with E-state index in [0.717, 1.165) is 12.8 Å². The highest BCUT2D eigenvalue weighted by Gasteiger charge is 1.92. The van der Waals surface area contributed by atoms with Crippen molar-refractivity contribution in [2.75, 3.05) is 6.26 Å². The molecule has 0 aliphatic rings. The highest BCUT2D eigenvalue weighted by molar-refractivity contribution is 8.13. The molecular formula is C11H12N4S. The topological polar surface area (TPSA) is 61.4 Å². The largest absolute Gasteiger partial charge is 0.265 e. The quantitative estimate of drug-likeness (QED) is 0.456. The number of aliphatic imine (C=N–C) groups is 2. The first kappa shape index (κ1) is 12.4. The molecule has 0 radical (unpaired) electrons. The van der Waals surface area contributed by atoms with E-state index in [0.29, 0.717) is 5.17 Å². The van der Waals surface area contributed by atoms with E-state index >= 15 is 0 Å². The second-order valence-corrected chi connectivity index (χ2v) is 3.68. The summed E-state index contributed by atoms with van der Waals surface area (Å²) < 4.78 is 0. The Kier molecular flexibility index (Phi) is 5.89. The molecule has 1 rings (SSSR count). The van der Waals surface area contributed by atoms with Gasteiger partial charge in [-0.15, -0.1) is 4.99 Å². The molecule has 1 aromatic heterocycles. The number of nitrogens with zero attached hydrogens (tertiary/aromatic N) is 4. The van der Waals surface area contributed by atoms with Gasteiger partial charge in [-0.25, -0.2) is 4.99 Å². The highest BCUT2D eigenvalue weighted by atomic mass is 32.2. The van der Waals surface area contributed by atoms with Gasteiger partial charge in [-0.2, -0.15) is 5.26 Å². The normalized spacial score (nSPS) is 11.6. The van der Waals surface area contributed by atoms with E-state index in [2.05, 4.69) is 15.0 Å². The van der Waals surface area contributed by atoms with E-state index in [1.54, 1.807) is 24.8 Å². The van der Waals surface area contributed by atoms with Gasteiger partial charge in [0.15, 0.2) is 5.17 Å². The molecule has 0 saturated heterocycles. The molecule has 0 spiro atoms. The molecule has 0 unspecified atom stereocenters. The van der Waals surface area contributed by atoms with Crippen molar-refractivity contribution in [1.29, 1.82) is 5.26 Å². The zero-order valence-electron chi connectivity index (χ0n) is 9.00. The summed E-state index contributed by atoms with van der Waals surface area (Å²) in [6.07, 6.45) is 10.6. The van der Waals surface area contributed by atoms with Crippen LogP contribution in [-0.2, 0) is 6.42 Å². The minimum atomic E-state index is 0.497. The molecule has 0 saturated carbocycles. The van der Waals surface area contributed by atoms with Gasteiger partial charge in [0.25, 0.3) is 0 Å². The van der Waals surface area contributed by atoms with Crippen LogP contribution >= 0.6 is 11.8 Å². The molecular weight excluding hydrogens is 220 g/mol. The summed E-state index contributed by atoms with van der Waals surface area (Å²) in [6.45, 7) is 0. The molecule has 0 amide bonds. The Morgan fingerprint density at radius 1 is 1.56 bits per heavy atom. The lowest BCUT2D eigenvalue weighted by Gasteiger charge is -1.95. The molecule has 0 fully saturated rings. The summed E-state index contributed by atoms with van der Waals surface area (Å²) in [7, 11) is 0. The first-order valence-corrected chi connectivity index (χ1v) is 6.01. The standard InChI is InChI=1S/C11H12N4S/c1-16-11(15-9-12)14-6-2-3-10-4-7-13-8-5-10/h4-8H,2-3H2,1H3. The molecule has 1 aromatic rings. The smallest absolute Gasteiger partial charge is 0.208 e. The van der Waals surface area contributed by atoms with E-state index in [9.17, 15) is 0 Å². The fourth-order valence-corrected chi connectivity index (χ4v) is 1.41. The van der Waals surface area contributed by atoms with Gasteiger partial charge >= 0.3 is 0 Å². The van der Waals surface area contributed by atoms with Crippen molar-refractivity contribution < 1.29 is 0 Å². The van der Waals surface area contributed by atoms with Crippen LogP contribution in [0.5, 0.6) is 0 Å². The molecule has 0 atom stereocenters. The van der Waals surface area contributed by atoms with E-state index in [1.165, 1.54) is 17.3 Å². The maximum atomic E-state index is 8.37. The average Bonchev–Trinajstić information content (AvgIpc) is 2.34. The second-order valence-electron chi connectivity index (χ2n) is 2.90. The third kappa shape index (κ3) is 4.71. The molecule has 16 heavy (non-hydrogen) atoms. The summed E-state index contributed by atoms with van der Waals surface area (Å²) >= 11 is 1.36. The third-order valence-corrected chi connectivity index (χ3v) is 2.40. The van der Waals surface area contributed by atoms with Gasteiger partial charge in [-0.3, -0.25) is 4.98 Å². The molecule has 0 bridgehead atoms. The van der Waals surface area contributed by atoms with Gasteiger partial charge in [0.1, 0.15) is 0 Å². The Hall–Kier alpha value is -1.67. The maximum Gasteiger partial charge on any atom is 0.208 e. The fraction of sp³-hybridized carbons (Fsp3) is 0.273. The van der Waals surface area contributed by atoms with E-state index < -0.39 is 0 Å². The Morgan fingerprint density at radius 3 is 2.94 bits per heavy atom. The van der Waals surface area contributed by atoms with Gasteiger partial charge in [0, 0.05) is 18.6 Å². The van der Waals surface area contributed by atoms with E-state index in [1.807, 2.05) is 18.4 Å². The summed E-state index contributed by atoms with van der Waals surface area (Å²) in [5.74, 6) is 0. The van der Waals surface area contributed by atoms with Crippen molar-refractivity contribution >= 4 is 23.1 Å². The minimum Gasteiger partial charge on any atom is -0.265 e. The van der Waals surface area contributed by atoms with Crippen molar-refractivity contribution in [2.24, 2.45) is 9.98 Å². The van der Waals surface area contributed by atoms with Gasteiger partial charge in [-0.1, -0.05) is 11.8 Å². The molecule has 4 nitrogen and oxygen atoms in total. The SMILES string of the molecule is CSC(N=CCCc1ccncc1)=NC#N. The van der Waals surface area contributed by atoms with Gasteiger partial charge in [0.05, 0.1) is 0 Å². The van der Waals surface area contributed by atoms with Crippen molar-refractivity contribution in [2.45, 2.75) is 12.8 Å². The van der Waals surface area contributed by atoms with E-state index in [-0.39, 0.29) is 0 Å². The predicted octanol–water partition coefficient (Wildman–Crippen LogP) is 2.29. The van der Waals surface area contributed by atoms with Crippen LogP contribution < -0.4 is 0 Å². The van der Waals surface area contributed by atoms with Crippen LogP contribution in [0, 0.1) is 11.5 Å². The lowest BCUT2D eigenvalue weighted by atomic mass is 10.1. The van der Waals surface area contributed by atoms with Crippen LogP contribution in [0.4, 0.5) is 0 Å². The highest BCUT2D eigenvalue weighted by Crippen LogP contribution is 2.01. The number of thioether (sulfide) groups is 1. The fourth-order valence-electron chi connectivity index (χ4n) is 1.09. The summed E-state index contributed by atoms with van der Waals surface area (Å²) in [5, 5.41) is 8.87. The molecule has 0 aromatic carbocycles. The van der Waals surface area contributed by atoms with Gasteiger partial charge < -0.3 is 0 Å². The minimum absolute atomic E-state index is 0.497. The Labute approximate surface area is 99.1 Å². The van der Waals surface area contributed by atoms with Crippen LogP contribution in [0.25, 0.3) is 0 Å². The molecule has 0 N–H and O–H groups in total. The van der Waals surface area contributed by atoms with Crippen LogP contribution in [0.1, 0.15) is 12.0 Å². The first-order valence-electron chi connectivity index (χ1n) is 4.79. The number of hydrogen-bond acceptors (Lipinski definition) is 4. The molecule has 1 heterocycles. The Bertz CT molecular complexity index is 406. The number of pyridine rings is 1. The number of rotatable bonds is 3. The number of nitriles is 1. The van der Waals surface area contributed by atoms with Crippen molar-refractivity contribution in [3.8, 4) is 6.19 Å². The van der Waals surface area contributed by atoms with Gasteiger partial charge in [0.2, 0.25) is 6.19 Å². The maximum absolute atomic E-state index is 8.37. The second kappa shape index (κ2) is 7.60. The van der Waals surface area contributed by atoms with Crippen molar-refractivity contribution in [3.05, 3.63) is 30.1 Å². The molecule has 82 valence electrons. The number of hydrogen-bond donors (Lipinski definition) is 0. The molecule has 0 aliphatic heterocycles. The lowest BCUT2D eigenvalue weighted by Crippen LogP contribution is -1.90. The van der Waals surface area contributed by atoms with Crippen LogP contribution in [0.2, 0.25) is 0 Å². The zero-order chi connectivity index (χ0) is 11.6. The molecule has 5 heteroatoms. The van der Waals surface area contributed by atoms with E-state index in [4.69, 9.17) is 5.26 Å². The van der Waals surface area contributed by atoms with Crippen LogP contribution in [-0.4, -0.2) is 22.6 Å². The van der Waals surface area contributed by atoms with Crippen LogP contribution in [0.15, 0.2) is 34.5 Å². The number of amidine groups is 1. The number of aromatic nitrogens is 1. The monoisotopic (exact) mass is 232 g/mol. The van der Waals surface area contributed by atoms with Crippen molar-refractivity contribution in [3.63, 3.8) is 0 Å². The summed E-state index contributed by atoms with van der Waals surface area (Å²) in [5.41, 5.74) is 1.23. The lowest BCUT2D eigenvalue weighted by molar-refractivity contribution is 1.05. The Balaban J connectivity index is 2.39. The average molecular weight is 232 g/mol. The summed E-state index contributed by atoms with van der Waals surface area (Å²) in [6, 6.07) is 3.96. The summed E-state index contributed by atoms with van der Waals surface area (Å²) in [4.78, 5) is 11.6. The first-order chi connectivity index (χ1) is 7.86. The van der Waals surface area contributed by atoms with Crippen molar-refractivity contribution in [1.82, 2.24) is 4.98 Å². The Morgan fingerprint density at radius 2 is 2.31 bits per heavy atom. The predicted molar refractivity (Wildman–Crippen MR) is 67.6 cm³/mol. The zero-order valence-corrected chi connectivity index (χ0v) is 9.81. The third-order valence-electron chi connectivity index (χ3n) is 1.84. The van der Waals surface area contributed by atoms with Crippen LogP contribution in [0.3, 0.4) is 0 Å². The van der Waals surface area contributed by atoms with Gasteiger partial charge in [-0.05, 0) is 36.8 Å². The molecule has 0 aliphatic carbocycles.